The van der Waals surface area contributed by atoms with Gasteiger partial charge in [0.15, 0.2) is 0 Å². The summed E-state index contributed by atoms with van der Waals surface area (Å²) in [5, 5.41) is 12.2. The summed E-state index contributed by atoms with van der Waals surface area (Å²) in [7, 11) is 0. The Morgan fingerprint density at radius 2 is 1.83 bits per heavy atom. The number of carbonyl (C=O) groups excluding carboxylic acids is 1. The number of amides is 1. The molecular formula is C18H18FNO3. The van der Waals surface area contributed by atoms with Crippen molar-refractivity contribution in [1.29, 1.82) is 0 Å². The lowest BCUT2D eigenvalue weighted by atomic mass is 9.88. The number of rotatable bonds is 3. The zero-order chi connectivity index (χ0) is 16.2. The molecular weight excluding hydrogens is 297 g/mol. The van der Waals surface area contributed by atoms with Crippen LogP contribution in [0.15, 0.2) is 48.5 Å². The summed E-state index contributed by atoms with van der Waals surface area (Å²) >= 11 is 0. The SMILES string of the molecule is O=C(Nc1ccc(F)cc1)C1CCCOC1c1ccc(O)cc1. The van der Waals surface area contributed by atoms with E-state index in [1.807, 2.05) is 0 Å². The number of nitrogens with one attached hydrogen (secondary N) is 1. The molecule has 5 heteroatoms. The molecule has 2 aromatic carbocycles. The minimum atomic E-state index is -0.343. The highest BCUT2D eigenvalue weighted by Gasteiger charge is 2.33. The van der Waals surface area contributed by atoms with Gasteiger partial charge in [-0.1, -0.05) is 12.1 Å². The van der Waals surface area contributed by atoms with Crippen LogP contribution >= 0.6 is 0 Å². The molecule has 1 saturated heterocycles. The quantitative estimate of drug-likeness (QED) is 0.909. The standard InChI is InChI=1S/C18H18FNO3/c19-13-5-7-14(8-6-13)20-18(22)16-2-1-11-23-17(16)12-3-9-15(21)10-4-12/h3-10,16-17,21H,1-2,11H2,(H,20,22). The van der Waals surface area contributed by atoms with E-state index in [9.17, 15) is 14.3 Å². The van der Waals surface area contributed by atoms with Crippen molar-refractivity contribution in [2.75, 3.05) is 11.9 Å². The molecule has 1 aliphatic rings. The van der Waals surface area contributed by atoms with Crippen LogP contribution in [0.25, 0.3) is 0 Å². The molecule has 1 amide bonds. The van der Waals surface area contributed by atoms with E-state index in [0.29, 0.717) is 12.3 Å². The van der Waals surface area contributed by atoms with Crippen molar-refractivity contribution in [1.82, 2.24) is 0 Å². The maximum atomic E-state index is 12.9. The molecule has 23 heavy (non-hydrogen) atoms. The van der Waals surface area contributed by atoms with Crippen molar-refractivity contribution < 1.29 is 19.0 Å². The number of halogens is 1. The molecule has 4 nitrogen and oxygen atoms in total. The van der Waals surface area contributed by atoms with Gasteiger partial charge in [0.1, 0.15) is 11.6 Å². The second-order valence-corrected chi connectivity index (χ2v) is 5.63. The zero-order valence-corrected chi connectivity index (χ0v) is 12.5. The van der Waals surface area contributed by atoms with Gasteiger partial charge < -0.3 is 15.2 Å². The van der Waals surface area contributed by atoms with Gasteiger partial charge in [-0.2, -0.15) is 0 Å². The van der Waals surface area contributed by atoms with Crippen molar-refractivity contribution in [2.24, 2.45) is 5.92 Å². The molecule has 1 fully saturated rings. The Bertz CT molecular complexity index is 670. The highest BCUT2D eigenvalue weighted by molar-refractivity contribution is 5.93. The topological polar surface area (TPSA) is 58.6 Å². The molecule has 2 unspecified atom stereocenters. The number of hydrogen-bond acceptors (Lipinski definition) is 3. The third-order valence-corrected chi connectivity index (χ3v) is 3.99. The molecule has 0 aromatic heterocycles. The highest BCUT2D eigenvalue weighted by atomic mass is 19.1. The average molecular weight is 315 g/mol. The third-order valence-electron chi connectivity index (χ3n) is 3.99. The van der Waals surface area contributed by atoms with Crippen LogP contribution < -0.4 is 5.32 Å². The lowest BCUT2D eigenvalue weighted by molar-refractivity contribution is -0.129. The fourth-order valence-electron chi connectivity index (χ4n) is 2.81. The first-order valence-corrected chi connectivity index (χ1v) is 7.60. The van der Waals surface area contributed by atoms with Crippen LogP contribution in [0.4, 0.5) is 10.1 Å². The summed E-state index contributed by atoms with van der Waals surface area (Å²) in [6.07, 6.45) is 1.19. The second kappa shape index (κ2) is 6.79. The van der Waals surface area contributed by atoms with Crippen LogP contribution in [-0.2, 0) is 9.53 Å². The molecule has 3 rings (SSSR count). The van der Waals surface area contributed by atoms with E-state index < -0.39 is 0 Å². The normalized spacial score (nSPS) is 20.9. The van der Waals surface area contributed by atoms with E-state index in [4.69, 9.17) is 4.74 Å². The van der Waals surface area contributed by atoms with Crippen LogP contribution in [0.2, 0.25) is 0 Å². The molecule has 2 atom stereocenters. The maximum absolute atomic E-state index is 12.9. The Hall–Kier alpha value is -2.40. The van der Waals surface area contributed by atoms with Gasteiger partial charge in [-0.15, -0.1) is 0 Å². The summed E-state index contributed by atoms with van der Waals surface area (Å²) in [6, 6.07) is 12.4. The predicted octanol–water partition coefficient (Wildman–Crippen LogP) is 3.64. The number of anilines is 1. The van der Waals surface area contributed by atoms with Crippen molar-refractivity contribution >= 4 is 11.6 Å². The summed E-state index contributed by atoms with van der Waals surface area (Å²) in [5.41, 5.74) is 1.42. The first-order chi connectivity index (χ1) is 11.1. The number of ether oxygens (including phenoxy) is 1. The van der Waals surface area contributed by atoms with E-state index in [1.165, 1.54) is 24.3 Å². The number of phenols is 1. The van der Waals surface area contributed by atoms with Crippen LogP contribution in [-0.4, -0.2) is 17.6 Å². The molecule has 0 saturated carbocycles. The number of carbonyl (C=O) groups is 1. The van der Waals surface area contributed by atoms with Crippen molar-refractivity contribution in [3.63, 3.8) is 0 Å². The number of benzene rings is 2. The lowest BCUT2D eigenvalue weighted by Crippen LogP contribution is -2.33. The van der Waals surface area contributed by atoms with E-state index in [-0.39, 0.29) is 29.5 Å². The molecule has 0 bridgehead atoms. The Morgan fingerprint density at radius 1 is 1.13 bits per heavy atom. The van der Waals surface area contributed by atoms with Gasteiger partial charge in [0.25, 0.3) is 0 Å². The summed E-state index contributed by atoms with van der Waals surface area (Å²) in [4.78, 5) is 12.6. The average Bonchev–Trinajstić information content (AvgIpc) is 2.58. The number of aromatic hydroxyl groups is 1. The number of hydrogen-bond donors (Lipinski definition) is 2. The fraction of sp³-hybridized carbons (Fsp3) is 0.278. The highest BCUT2D eigenvalue weighted by Crippen LogP contribution is 2.35. The monoisotopic (exact) mass is 315 g/mol. The Kier molecular flexibility index (Phi) is 4.57. The van der Waals surface area contributed by atoms with E-state index in [2.05, 4.69) is 5.32 Å². The fourth-order valence-corrected chi connectivity index (χ4v) is 2.81. The van der Waals surface area contributed by atoms with Crippen molar-refractivity contribution in [3.8, 4) is 5.75 Å². The lowest BCUT2D eigenvalue weighted by Gasteiger charge is -2.31. The van der Waals surface area contributed by atoms with Gasteiger partial charge in [0.05, 0.1) is 12.0 Å². The first-order valence-electron chi connectivity index (χ1n) is 7.60. The predicted molar refractivity (Wildman–Crippen MR) is 84.6 cm³/mol. The zero-order valence-electron chi connectivity index (χ0n) is 12.5. The van der Waals surface area contributed by atoms with E-state index in [0.717, 1.165) is 18.4 Å². The minimum Gasteiger partial charge on any atom is -0.508 e. The molecule has 1 aliphatic heterocycles. The molecule has 0 aliphatic carbocycles. The van der Waals surface area contributed by atoms with Gasteiger partial charge in [-0.05, 0) is 54.8 Å². The van der Waals surface area contributed by atoms with Crippen molar-refractivity contribution in [3.05, 3.63) is 59.9 Å². The van der Waals surface area contributed by atoms with Crippen LogP contribution in [0.5, 0.6) is 5.75 Å². The maximum Gasteiger partial charge on any atom is 0.230 e. The molecule has 0 radical (unpaired) electrons. The van der Waals surface area contributed by atoms with Crippen LogP contribution in [0, 0.1) is 11.7 Å². The summed E-state index contributed by atoms with van der Waals surface area (Å²) in [5.74, 6) is -0.629. The molecule has 1 heterocycles. The Labute approximate surface area is 133 Å². The van der Waals surface area contributed by atoms with Crippen molar-refractivity contribution in [2.45, 2.75) is 18.9 Å². The van der Waals surface area contributed by atoms with Gasteiger partial charge in [-0.3, -0.25) is 4.79 Å². The minimum absolute atomic E-state index is 0.144. The Balaban J connectivity index is 1.76. The largest absolute Gasteiger partial charge is 0.508 e. The molecule has 2 N–H and O–H groups in total. The van der Waals surface area contributed by atoms with Gasteiger partial charge in [0.2, 0.25) is 5.91 Å². The van der Waals surface area contributed by atoms with Crippen LogP contribution in [0.3, 0.4) is 0 Å². The van der Waals surface area contributed by atoms with Gasteiger partial charge in [-0.25, -0.2) is 4.39 Å². The first kappa shape index (κ1) is 15.5. The molecule has 120 valence electrons. The van der Waals surface area contributed by atoms with E-state index >= 15 is 0 Å². The van der Waals surface area contributed by atoms with Gasteiger partial charge in [0, 0.05) is 12.3 Å². The van der Waals surface area contributed by atoms with E-state index in [1.54, 1.807) is 24.3 Å². The second-order valence-electron chi connectivity index (χ2n) is 5.63. The van der Waals surface area contributed by atoms with Crippen LogP contribution in [0.1, 0.15) is 24.5 Å². The number of phenolic OH excluding ortho intramolecular Hbond substituents is 1. The Morgan fingerprint density at radius 3 is 2.52 bits per heavy atom. The van der Waals surface area contributed by atoms with Gasteiger partial charge >= 0.3 is 0 Å². The summed E-state index contributed by atoms with van der Waals surface area (Å²) in [6.45, 7) is 0.603. The molecule has 0 spiro atoms. The molecule has 2 aromatic rings. The summed E-state index contributed by atoms with van der Waals surface area (Å²) < 4.78 is 18.7. The smallest absolute Gasteiger partial charge is 0.230 e. The third kappa shape index (κ3) is 3.68.